The maximum absolute atomic E-state index is 13.0. The zero-order chi connectivity index (χ0) is 13.8. The highest BCUT2D eigenvalue weighted by Gasteiger charge is 2.31. The molecule has 1 aromatic carbocycles. The minimum Gasteiger partial charge on any atom is -0.294 e. The molecule has 0 aliphatic carbocycles. The van der Waals surface area contributed by atoms with Gasteiger partial charge in [-0.15, -0.1) is 0 Å². The van der Waals surface area contributed by atoms with Crippen molar-refractivity contribution in [3.05, 3.63) is 35.1 Å². The maximum atomic E-state index is 13.0. The van der Waals surface area contributed by atoms with E-state index in [9.17, 15) is 22.4 Å². The lowest BCUT2D eigenvalue weighted by Crippen LogP contribution is -2.08. The van der Waals surface area contributed by atoms with Gasteiger partial charge in [0, 0.05) is 17.3 Å². The van der Waals surface area contributed by atoms with E-state index in [1.54, 1.807) is 0 Å². The van der Waals surface area contributed by atoms with Gasteiger partial charge in [-0.1, -0.05) is 15.9 Å². The van der Waals surface area contributed by atoms with E-state index in [0.29, 0.717) is 18.6 Å². The third kappa shape index (κ3) is 4.40. The molecule has 0 radical (unpaired) electrons. The number of Topliss-reactive ketones (excluding diaryl/α,β-unsaturated/α-hetero) is 1. The summed E-state index contributed by atoms with van der Waals surface area (Å²) in [6, 6.07) is 1.92. The van der Waals surface area contributed by atoms with E-state index in [4.69, 9.17) is 0 Å². The van der Waals surface area contributed by atoms with Gasteiger partial charge in [-0.05, 0) is 31.0 Å². The lowest BCUT2D eigenvalue weighted by Gasteiger charge is -2.08. The van der Waals surface area contributed by atoms with Gasteiger partial charge in [-0.3, -0.25) is 4.79 Å². The van der Waals surface area contributed by atoms with Crippen molar-refractivity contribution in [2.24, 2.45) is 0 Å². The molecule has 100 valence electrons. The molecule has 0 heterocycles. The van der Waals surface area contributed by atoms with Crippen molar-refractivity contribution in [3.8, 4) is 0 Å². The van der Waals surface area contributed by atoms with Gasteiger partial charge in [-0.25, -0.2) is 4.39 Å². The topological polar surface area (TPSA) is 17.1 Å². The summed E-state index contributed by atoms with van der Waals surface area (Å²) in [7, 11) is 0. The molecule has 0 aromatic heterocycles. The van der Waals surface area contributed by atoms with Gasteiger partial charge in [-0.2, -0.15) is 13.2 Å². The van der Waals surface area contributed by atoms with E-state index >= 15 is 0 Å². The Bertz CT molecular complexity index is 429. The van der Waals surface area contributed by atoms with E-state index < -0.39 is 23.3 Å². The summed E-state index contributed by atoms with van der Waals surface area (Å²) in [6.07, 6.45) is -3.23. The van der Waals surface area contributed by atoms with Crippen molar-refractivity contribution in [1.29, 1.82) is 0 Å². The highest BCUT2D eigenvalue weighted by molar-refractivity contribution is 9.09. The number of hydrogen-bond donors (Lipinski definition) is 0. The number of halogens is 5. The second-order valence-electron chi connectivity index (χ2n) is 3.80. The van der Waals surface area contributed by atoms with Crippen LogP contribution in [0.4, 0.5) is 17.6 Å². The molecule has 0 bridgehead atoms. The Kier molecular flexibility index (Phi) is 5.31. The lowest BCUT2D eigenvalue weighted by atomic mass is 10.0. The minimum absolute atomic E-state index is 0.117. The molecule has 1 nitrogen and oxygen atoms in total. The Balaban J connectivity index is 2.89. The van der Waals surface area contributed by atoms with Crippen LogP contribution in [0, 0.1) is 5.82 Å². The lowest BCUT2D eigenvalue weighted by molar-refractivity contribution is -0.137. The van der Waals surface area contributed by atoms with E-state index in [1.807, 2.05) is 0 Å². The average molecular weight is 327 g/mol. The van der Waals surface area contributed by atoms with Gasteiger partial charge in [0.05, 0.1) is 5.56 Å². The van der Waals surface area contributed by atoms with E-state index in [1.165, 1.54) is 0 Å². The quantitative estimate of drug-likeness (QED) is 0.334. The second-order valence-corrected chi connectivity index (χ2v) is 4.59. The van der Waals surface area contributed by atoms with Crippen molar-refractivity contribution in [1.82, 2.24) is 0 Å². The first-order valence-corrected chi connectivity index (χ1v) is 6.43. The third-order valence-electron chi connectivity index (χ3n) is 2.33. The highest BCUT2D eigenvalue weighted by atomic mass is 79.9. The molecule has 18 heavy (non-hydrogen) atoms. The molecule has 0 amide bonds. The van der Waals surface area contributed by atoms with Gasteiger partial charge in [0.15, 0.2) is 5.78 Å². The highest BCUT2D eigenvalue weighted by Crippen LogP contribution is 2.30. The SMILES string of the molecule is O=C(CCCCBr)c1cc(F)cc(C(F)(F)F)c1. The number of hydrogen-bond acceptors (Lipinski definition) is 1. The summed E-state index contributed by atoms with van der Waals surface area (Å²) in [5.41, 5.74) is -1.36. The average Bonchev–Trinajstić information content (AvgIpc) is 2.27. The maximum Gasteiger partial charge on any atom is 0.416 e. The molecule has 0 fully saturated rings. The third-order valence-corrected chi connectivity index (χ3v) is 2.90. The summed E-state index contributed by atoms with van der Waals surface area (Å²) in [4.78, 5) is 11.6. The predicted octanol–water partition coefficient (Wildman–Crippen LogP) is 4.59. The molecule has 0 N–H and O–H groups in total. The van der Waals surface area contributed by atoms with Crippen LogP contribution >= 0.6 is 15.9 Å². The van der Waals surface area contributed by atoms with Crippen molar-refractivity contribution >= 4 is 21.7 Å². The van der Waals surface area contributed by atoms with E-state index in [-0.39, 0.29) is 12.0 Å². The molecule has 1 rings (SSSR count). The van der Waals surface area contributed by atoms with Crippen molar-refractivity contribution in [2.45, 2.75) is 25.4 Å². The fraction of sp³-hybridized carbons (Fsp3) is 0.417. The van der Waals surface area contributed by atoms with Crippen LogP contribution in [0.3, 0.4) is 0 Å². The van der Waals surface area contributed by atoms with Gasteiger partial charge < -0.3 is 0 Å². The van der Waals surface area contributed by atoms with E-state index in [0.717, 1.165) is 17.8 Å². The molecule has 0 unspecified atom stereocenters. The number of carbonyl (C=O) groups excluding carboxylic acids is 1. The van der Waals surface area contributed by atoms with Crippen LogP contribution in [-0.2, 0) is 6.18 Å². The Labute approximate surface area is 110 Å². The number of unbranched alkanes of at least 4 members (excludes halogenated alkanes) is 1. The Morgan fingerprint density at radius 1 is 1.17 bits per heavy atom. The fourth-order valence-electron chi connectivity index (χ4n) is 1.44. The number of benzene rings is 1. The molecule has 0 saturated carbocycles. The van der Waals surface area contributed by atoms with Crippen LogP contribution in [0.25, 0.3) is 0 Å². The van der Waals surface area contributed by atoms with Crippen molar-refractivity contribution < 1.29 is 22.4 Å². The first-order chi connectivity index (χ1) is 8.34. The van der Waals surface area contributed by atoms with Gasteiger partial charge in [0.2, 0.25) is 0 Å². The summed E-state index contributed by atoms with van der Waals surface area (Å²) >= 11 is 3.19. The minimum atomic E-state index is -4.65. The second kappa shape index (κ2) is 6.31. The number of alkyl halides is 4. The van der Waals surface area contributed by atoms with Crippen LogP contribution in [0.2, 0.25) is 0 Å². The molecule has 0 spiro atoms. The number of rotatable bonds is 5. The molecule has 0 atom stereocenters. The molecule has 1 aromatic rings. The van der Waals surface area contributed by atoms with Gasteiger partial charge >= 0.3 is 6.18 Å². The van der Waals surface area contributed by atoms with Gasteiger partial charge in [0.1, 0.15) is 5.82 Å². The Hall–Kier alpha value is -0.910. The smallest absolute Gasteiger partial charge is 0.294 e. The van der Waals surface area contributed by atoms with Crippen LogP contribution in [0.15, 0.2) is 18.2 Å². The summed E-state index contributed by atoms with van der Waals surface area (Å²) in [6.45, 7) is 0. The zero-order valence-electron chi connectivity index (χ0n) is 9.36. The van der Waals surface area contributed by atoms with Crippen LogP contribution < -0.4 is 0 Å². The van der Waals surface area contributed by atoms with E-state index in [2.05, 4.69) is 15.9 Å². The number of carbonyl (C=O) groups is 1. The first-order valence-electron chi connectivity index (χ1n) is 5.31. The van der Waals surface area contributed by atoms with Crippen molar-refractivity contribution in [2.75, 3.05) is 5.33 Å². The van der Waals surface area contributed by atoms with Gasteiger partial charge in [0.25, 0.3) is 0 Å². The Morgan fingerprint density at radius 3 is 2.39 bits per heavy atom. The summed E-state index contributed by atoms with van der Waals surface area (Å²) < 4.78 is 50.3. The molecule has 0 aliphatic heterocycles. The summed E-state index contributed by atoms with van der Waals surface area (Å²) in [5, 5.41) is 0.719. The first kappa shape index (κ1) is 15.1. The molecular formula is C12H11BrF4O. The summed E-state index contributed by atoms with van der Waals surface area (Å²) in [5.74, 6) is -1.52. The molecule has 6 heteroatoms. The largest absolute Gasteiger partial charge is 0.416 e. The zero-order valence-corrected chi connectivity index (χ0v) is 10.9. The molecule has 0 saturated heterocycles. The monoisotopic (exact) mass is 326 g/mol. The predicted molar refractivity (Wildman–Crippen MR) is 63.4 cm³/mol. The van der Waals surface area contributed by atoms with Crippen LogP contribution in [0.1, 0.15) is 35.2 Å². The normalized spacial score (nSPS) is 11.6. The molecular weight excluding hydrogens is 316 g/mol. The standard InChI is InChI=1S/C12H11BrF4O/c13-4-2-1-3-11(18)8-5-9(12(15,16)17)7-10(14)6-8/h5-7H,1-4H2. The van der Waals surface area contributed by atoms with Crippen LogP contribution in [-0.4, -0.2) is 11.1 Å². The molecule has 0 aliphatic rings. The number of ketones is 1. The Morgan fingerprint density at radius 2 is 1.83 bits per heavy atom. The van der Waals surface area contributed by atoms with Crippen molar-refractivity contribution in [3.63, 3.8) is 0 Å². The fourth-order valence-corrected chi connectivity index (χ4v) is 1.84. The van der Waals surface area contributed by atoms with Crippen LogP contribution in [0.5, 0.6) is 0 Å².